The molecule has 1 saturated heterocycles. The highest BCUT2D eigenvalue weighted by molar-refractivity contribution is 7.80. The molecular formula is C28H30FN7OS. The maximum Gasteiger partial charge on any atom is 0.229 e. The summed E-state index contributed by atoms with van der Waals surface area (Å²) in [6.45, 7) is 4.11. The van der Waals surface area contributed by atoms with E-state index in [4.69, 9.17) is 0 Å². The Bertz CT molecular complexity index is 1440. The number of thiol groups is 1. The van der Waals surface area contributed by atoms with Gasteiger partial charge in [-0.2, -0.15) is 17.6 Å². The van der Waals surface area contributed by atoms with E-state index in [2.05, 4.69) is 67.5 Å². The summed E-state index contributed by atoms with van der Waals surface area (Å²) in [5.41, 5.74) is 4.02. The number of nitrogens with one attached hydrogen (secondary N) is 3. The number of aromatic nitrogens is 2. The molecule has 4 aromatic rings. The molecule has 196 valence electrons. The van der Waals surface area contributed by atoms with Crippen LogP contribution in [0, 0.1) is 5.82 Å². The van der Waals surface area contributed by atoms with Gasteiger partial charge in [0.25, 0.3) is 0 Å². The normalized spacial score (nSPS) is 14.5. The van der Waals surface area contributed by atoms with Gasteiger partial charge in [0.05, 0.1) is 5.52 Å². The van der Waals surface area contributed by atoms with Crippen LogP contribution in [0.15, 0.2) is 78.7 Å². The lowest BCUT2D eigenvalue weighted by molar-refractivity contribution is 0.313. The number of benzene rings is 3. The fraction of sp³-hybridized carbons (Fsp3) is 0.214. The van der Waals surface area contributed by atoms with E-state index in [1.165, 1.54) is 17.8 Å². The average Bonchev–Trinajstić information content (AvgIpc) is 2.90. The molecule has 38 heavy (non-hydrogen) atoms. The van der Waals surface area contributed by atoms with Crippen LogP contribution in [-0.2, 0) is 0 Å². The standard InChI is InChI=1S/C28H30FN7OS/c1-35-12-14-36(15-13-35)23-8-6-20(7-9-23)32-28-33-25-10-5-19(29)17-24(25)27(34-28)31-22-4-2-3-21(18-22)30-26(37)11-16-38/h2-11,17-18,30,37-38H,12-16H2,1H3,(H2,31,32,33,34)/b26-11-. The molecule has 4 N–H and O–H groups in total. The molecule has 1 aliphatic heterocycles. The summed E-state index contributed by atoms with van der Waals surface area (Å²) in [6.07, 6.45) is 1.56. The maximum absolute atomic E-state index is 14.1. The van der Waals surface area contributed by atoms with Crippen LogP contribution in [0.5, 0.6) is 0 Å². The highest BCUT2D eigenvalue weighted by atomic mass is 32.1. The number of anilines is 6. The second-order valence-corrected chi connectivity index (χ2v) is 9.49. The lowest BCUT2D eigenvalue weighted by Gasteiger charge is -2.34. The van der Waals surface area contributed by atoms with Crippen molar-refractivity contribution in [3.05, 3.63) is 84.5 Å². The van der Waals surface area contributed by atoms with Crippen molar-refractivity contribution in [3.8, 4) is 0 Å². The van der Waals surface area contributed by atoms with Gasteiger partial charge in [0.15, 0.2) is 5.88 Å². The number of nitrogens with zero attached hydrogens (tertiary/aromatic N) is 4. The molecule has 8 nitrogen and oxygen atoms in total. The first kappa shape index (κ1) is 25.6. The molecule has 10 heteroatoms. The highest BCUT2D eigenvalue weighted by Gasteiger charge is 2.15. The van der Waals surface area contributed by atoms with Crippen LogP contribution in [0.3, 0.4) is 0 Å². The Hall–Kier alpha value is -4.02. The summed E-state index contributed by atoms with van der Waals surface area (Å²) in [4.78, 5) is 14.0. The second-order valence-electron chi connectivity index (χ2n) is 9.12. The third kappa shape index (κ3) is 6.27. The van der Waals surface area contributed by atoms with E-state index in [-0.39, 0.29) is 11.7 Å². The molecule has 1 fully saturated rings. The Labute approximate surface area is 226 Å². The predicted octanol–water partition coefficient (Wildman–Crippen LogP) is 5.75. The Morgan fingerprint density at radius 2 is 1.71 bits per heavy atom. The van der Waals surface area contributed by atoms with Crippen molar-refractivity contribution >= 4 is 58.0 Å². The third-order valence-corrected chi connectivity index (χ3v) is 6.51. The van der Waals surface area contributed by atoms with Crippen molar-refractivity contribution < 1.29 is 9.50 Å². The summed E-state index contributed by atoms with van der Waals surface area (Å²) in [5.74, 6) is 0.892. The Morgan fingerprint density at radius 3 is 2.47 bits per heavy atom. The van der Waals surface area contributed by atoms with E-state index < -0.39 is 0 Å². The molecule has 1 aromatic heterocycles. The van der Waals surface area contributed by atoms with Crippen LogP contribution in [0.1, 0.15) is 0 Å². The van der Waals surface area contributed by atoms with Gasteiger partial charge in [-0.25, -0.2) is 9.37 Å². The number of rotatable bonds is 8. The topological polar surface area (TPSA) is 88.6 Å². The second kappa shape index (κ2) is 11.6. The van der Waals surface area contributed by atoms with Gasteiger partial charge in [-0.05, 0) is 73.8 Å². The quantitative estimate of drug-likeness (QED) is 0.145. The molecular weight excluding hydrogens is 501 g/mol. The average molecular weight is 532 g/mol. The third-order valence-electron chi connectivity index (χ3n) is 6.33. The first-order valence-corrected chi connectivity index (χ1v) is 13.0. The number of aliphatic hydroxyl groups is 1. The number of aliphatic hydroxyl groups excluding tert-OH is 1. The molecule has 2 heterocycles. The first-order valence-electron chi connectivity index (χ1n) is 12.4. The van der Waals surface area contributed by atoms with Crippen molar-refractivity contribution in [2.75, 3.05) is 59.8 Å². The molecule has 5 rings (SSSR count). The zero-order valence-electron chi connectivity index (χ0n) is 21.0. The largest absolute Gasteiger partial charge is 0.495 e. The van der Waals surface area contributed by atoms with Gasteiger partial charge in [-0.1, -0.05) is 6.07 Å². The smallest absolute Gasteiger partial charge is 0.229 e. The molecule has 3 aromatic carbocycles. The number of fused-ring (bicyclic) bond motifs is 1. The van der Waals surface area contributed by atoms with Crippen LogP contribution in [0.25, 0.3) is 10.9 Å². The van der Waals surface area contributed by atoms with Gasteiger partial charge in [0.2, 0.25) is 5.95 Å². The Morgan fingerprint density at radius 1 is 0.947 bits per heavy atom. The Balaban J connectivity index is 1.39. The molecule has 0 saturated carbocycles. The number of hydrogen-bond donors (Lipinski definition) is 5. The summed E-state index contributed by atoms with van der Waals surface area (Å²) < 4.78 is 14.1. The molecule has 0 spiro atoms. The molecule has 1 aliphatic rings. The fourth-order valence-electron chi connectivity index (χ4n) is 4.30. The molecule has 0 unspecified atom stereocenters. The minimum Gasteiger partial charge on any atom is -0.495 e. The maximum atomic E-state index is 14.1. The predicted molar refractivity (Wildman–Crippen MR) is 157 cm³/mol. The van der Waals surface area contributed by atoms with Crippen LogP contribution >= 0.6 is 12.6 Å². The van der Waals surface area contributed by atoms with Gasteiger partial charge in [-0.15, -0.1) is 0 Å². The van der Waals surface area contributed by atoms with Crippen LogP contribution in [0.4, 0.5) is 38.9 Å². The molecule has 0 atom stereocenters. The molecule has 0 radical (unpaired) electrons. The molecule has 0 aliphatic carbocycles. The molecule has 0 amide bonds. The van der Waals surface area contributed by atoms with Crippen molar-refractivity contribution in [1.82, 2.24) is 14.9 Å². The van der Waals surface area contributed by atoms with Crippen LogP contribution < -0.4 is 20.9 Å². The fourth-order valence-corrected chi connectivity index (χ4v) is 4.47. The summed E-state index contributed by atoms with van der Waals surface area (Å²) in [5, 5.41) is 20.0. The number of likely N-dealkylation sites (N-methyl/N-ethyl adjacent to an activating group) is 1. The van der Waals surface area contributed by atoms with Crippen molar-refractivity contribution in [3.63, 3.8) is 0 Å². The SMILES string of the molecule is CN1CCN(c2ccc(Nc3nc(Nc4cccc(N/C(O)=C/CS)c4)c4cc(F)ccc4n3)cc2)CC1. The molecule has 0 bridgehead atoms. The van der Waals surface area contributed by atoms with Crippen LogP contribution in [-0.4, -0.2) is 59.0 Å². The minimum atomic E-state index is -0.374. The van der Waals surface area contributed by atoms with E-state index in [9.17, 15) is 9.50 Å². The first-order chi connectivity index (χ1) is 18.5. The lowest BCUT2D eigenvalue weighted by atomic mass is 10.2. The van der Waals surface area contributed by atoms with Crippen molar-refractivity contribution in [2.24, 2.45) is 0 Å². The van der Waals surface area contributed by atoms with E-state index in [1.54, 1.807) is 12.1 Å². The highest BCUT2D eigenvalue weighted by Crippen LogP contribution is 2.29. The monoisotopic (exact) mass is 531 g/mol. The summed E-state index contributed by atoms with van der Waals surface area (Å²) in [7, 11) is 2.15. The number of halogens is 1. The van der Waals surface area contributed by atoms with Gasteiger partial charge >= 0.3 is 0 Å². The van der Waals surface area contributed by atoms with E-state index in [0.717, 1.165) is 31.9 Å². The lowest BCUT2D eigenvalue weighted by Crippen LogP contribution is -2.44. The van der Waals surface area contributed by atoms with E-state index in [1.807, 2.05) is 36.4 Å². The van der Waals surface area contributed by atoms with Crippen molar-refractivity contribution in [1.29, 1.82) is 0 Å². The van der Waals surface area contributed by atoms with Gasteiger partial charge in [-0.3, -0.25) is 0 Å². The Kier molecular flexibility index (Phi) is 7.81. The number of hydrogen-bond acceptors (Lipinski definition) is 9. The van der Waals surface area contributed by atoms with Gasteiger partial charge in [0, 0.05) is 60.1 Å². The van der Waals surface area contributed by atoms with Crippen molar-refractivity contribution in [2.45, 2.75) is 0 Å². The van der Waals surface area contributed by atoms with E-state index >= 15 is 0 Å². The number of piperazine rings is 1. The zero-order chi connectivity index (χ0) is 26.5. The van der Waals surface area contributed by atoms with Gasteiger partial charge in [0.1, 0.15) is 11.6 Å². The van der Waals surface area contributed by atoms with Gasteiger partial charge < -0.3 is 30.9 Å². The van der Waals surface area contributed by atoms with E-state index in [0.29, 0.717) is 39.8 Å². The summed E-state index contributed by atoms with van der Waals surface area (Å²) in [6, 6.07) is 20.0. The zero-order valence-corrected chi connectivity index (χ0v) is 21.9. The van der Waals surface area contributed by atoms with Crippen LogP contribution in [0.2, 0.25) is 0 Å². The summed E-state index contributed by atoms with van der Waals surface area (Å²) >= 11 is 4.09. The minimum absolute atomic E-state index is 0.0110.